The summed E-state index contributed by atoms with van der Waals surface area (Å²) in [6.45, 7) is 0. The van der Waals surface area contributed by atoms with Crippen molar-refractivity contribution in [1.82, 2.24) is 15.0 Å². The van der Waals surface area contributed by atoms with Crippen molar-refractivity contribution in [2.75, 3.05) is 0 Å². The molecule has 3 aromatic heterocycles. The van der Waals surface area contributed by atoms with Gasteiger partial charge in [0, 0.05) is 28.7 Å². The van der Waals surface area contributed by atoms with E-state index in [0.717, 1.165) is 21.9 Å². The van der Waals surface area contributed by atoms with Crippen LogP contribution in [0.2, 0.25) is 0 Å². The van der Waals surface area contributed by atoms with E-state index in [0.29, 0.717) is 11.3 Å². The molecule has 22 heavy (non-hydrogen) atoms. The maximum atomic E-state index is 13.8. The molecule has 1 aromatic carbocycles. The molecular weight excluding hydrogens is 279 g/mol. The molecule has 0 bridgehead atoms. The second-order valence-electron chi connectivity index (χ2n) is 4.95. The lowest BCUT2D eigenvalue weighted by atomic mass is 10.1. The monoisotopic (exact) mass is 288 g/mol. The summed E-state index contributed by atoms with van der Waals surface area (Å²) in [5.41, 5.74) is 3.00. The molecular formula is C17H9FN4. The molecule has 0 atom stereocenters. The van der Waals surface area contributed by atoms with Gasteiger partial charge in [0.2, 0.25) is 0 Å². The Labute approximate surface area is 124 Å². The Kier molecular flexibility index (Phi) is 2.63. The van der Waals surface area contributed by atoms with Gasteiger partial charge in [0.25, 0.3) is 0 Å². The molecule has 0 aliphatic heterocycles. The van der Waals surface area contributed by atoms with Gasteiger partial charge in [-0.25, -0.2) is 9.37 Å². The predicted molar refractivity (Wildman–Crippen MR) is 81.5 cm³/mol. The SMILES string of the molecule is N#Cc1ccc(-c2ccc3c(n2)[nH]c2ccncc23)cc1F. The zero-order valence-corrected chi connectivity index (χ0v) is 11.3. The van der Waals surface area contributed by atoms with Gasteiger partial charge in [-0.3, -0.25) is 4.98 Å². The number of hydrogen-bond acceptors (Lipinski definition) is 3. The van der Waals surface area contributed by atoms with Gasteiger partial charge in [0.1, 0.15) is 17.5 Å². The first-order chi connectivity index (χ1) is 10.8. The zero-order valence-electron chi connectivity index (χ0n) is 11.3. The van der Waals surface area contributed by atoms with Crippen LogP contribution in [0, 0.1) is 17.1 Å². The van der Waals surface area contributed by atoms with Crippen molar-refractivity contribution in [3.63, 3.8) is 0 Å². The number of H-pyrrole nitrogens is 1. The van der Waals surface area contributed by atoms with E-state index >= 15 is 0 Å². The number of nitrogens with zero attached hydrogens (tertiary/aromatic N) is 3. The van der Waals surface area contributed by atoms with E-state index in [1.165, 1.54) is 12.1 Å². The first-order valence-corrected chi connectivity index (χ1v) is 6.69. The van der Waals surface area contributed by atoms with E-state index in [9.17, 15) is 4.39 Å². The van der Waals surface area contributed by atoms with Crippen molar-refractivity contribution >= 4 is 21.9 Å². The van der Waals surface area contributed by atoms with Gasteiger partial charge in [-0.1, -0.05) is 6.07 Å². The molecule has 0 fully saturated rings. The lowest BCUT2D eigenvalue weighted by Crippen LogP contribution is -1.88. The van der Waals surface area contributed by atoms with Crippen molar-refractivity contribution in [3.05, 3.63) is 60.2 Å². The number of rotatable bonds is 1. The number of aromatic nitrogens is 3. The van der Waals surface area contributed by atoms with Gasteiger partial charge in [-0.15, -0.1) is 0 Å². The summed E-state index contributed by atoms with van der Waals surface area (Å²) in [6.07, 6.45) is 3.51. The molecule has 0 unspecified atom stereocenters. The van der Waals surface area contributed by atoms with Crippen molar-refractivity contribution in [2.45, 2.75) is 0 Å². The number of halogens is 1. The number of pyridine rings is 2. The van der Waals surface area contributed by atoms with Crippen molar-refractivity contribution in [1.29, 1.82) is 5.26 Å². The first-order valence-electron chi connectivity index (χ1n) is 6.69. The molecule has 4 nitrogen and oxygen atoms in total. The van der Waals surface area contributed by atoms with Crippen molar-refractivity contribution in [3.8, 4) is 17.3 Å². The van der Waals surface area contributed by atoms with Gasteiger partial charge in [-0.05, 0) is 30.3 Å². The van der Waals surface area contributed by atoms with Crippen LogP contribution in [-0.4, -0.2) is 15.0 Å². The Hall–Kier alpha value is -3.26. The topological polar surface area (TPSA) is 65.4 Å². The van der Waals surface area contributed by atoms with E-state index in [2.05, 4.69) is 15.0 Å². The van der Waals surface area contributed by atoms with E-state index in [4.69, 9.17) is 5.26 Å². The third kappa shape index (κ3) is 1.82. The van der Waals surface area contributed by atoms with E-state index in [1.54, 1.807) is 18.5 Å². The van der Waals surface area contributed by atoms with Gasteiger partial charge in [0.15, 0.2) is 0 Å². The highest BCUT2D eigenvalue weighted by molar-refractivity contribution is 6.05. The summed E-state index contributed by atoms with van der Waals surface area (Å²) in [7, 11) is 0. The average Bonchev–Trinajstić information content (AvgIpc) is 2.92. The summed E-state index contributed by atoms with van der Waals surface area (Å²) in [6, 6.07) is 12.0. The molecule has 1 N–H and O–H groups in total. The van der Waals surface area contributed by atoms with Gasteiger partial charge < -0.3 is 4.98 Å². The molecule has 0 saturated heterocycles. The minimum Gasteiger partial charge on any atom is -0.339 e. The molecule has 0 amide bonds. The molecule has 5 heteroatoms. The van der Waals surface area contributed by atoms with Crippen molar-refractivity contribution in [2.24, 2.45) is 0 Å². The minimum absolute atomic E-state index is 0.0292. The average molecular weight is 288 g/mol. The zero-order chi connectivity index (χ0) is 15.1. The number of benzene rings is 1. The molecule has 104 valence electrons. The van der Waals surface area contributed by atoms with Crippen LogP contribution in [-0.2, 0) is 0 Å². The third-order valence-electron chi connectivity index (χ3n) is 3.64. The van der Waals surface area contributed by atoms with Crippen LogP contribution in [0.25, 0.3) is 33.2 Å². The smallest absolute Gasteiger partial charge is 0.141 e. The van der Waals surface area contributed by atoms with Crippen LogP contribution >= 0.6 is 0 Å². The molecule has 4 rings (SSSR count). The molecule has 0 spiro atoms. The van der Waals surface area contributed by atoms with E-state index < -0.39 is 5.82 Å². The highest BCUT2D eigenvalue weighted by Gasteiger charge is 2.09. The highest BCUT2D eigenvalue weighted by Crippen LogP contribution is 2.27. The molecule has 0 aliphatic carbocycles. The standard InChI is InChI=1S/C17H9FN4/c18-14-7-10(1-2-11(14)8-19)15-4-3-12-13-9-20-6-5-16(13)22-17(12)21-15/h1-7,9H,(H,21,22). The Morgan fingerprint density at radius 3 is 2.82 bits per heavy atom. The summed E-state index contributed by atoms with van der Waals surface area (Å²) >= 11 is 0. The lowest BCUT2D eigenvalue weighted by molar-refractivity contribution is 0.624. The lowest BCUT2D eigenvalue weighted by Gasteiger charge is -2.02. The minimum atomic E-state index is -0.539. The predicted octanol–water partition coefficient (Wildman–Crippen LogP) is 3.79. The van der Waals surface area contributed by atoms with Crippen LogP contribution in [0.3, 0.4) is 0 Å². The third-order valence-corrected chi connectivity index (χ3v) is 3.64. The fourth-order valence-corrected chi connectivity index (χ4v) is 2.54. The number of nitrogens with one attached hydrogen (secondary N) is 1. The molecule has 4 aromatic rings. The Bertz CT molecular complexity index is 1060. The van der Waals surface area contributed by atoms with E-state index in [1.807, 2.05) is 24.3 Å². The highest BCUT2D eigenvalue weighted by atomic mass is 19.1. The van der Waals surface area contributed by atoms with E-state index in [-0.39, 0.29) is 5.56 Å². The van der Waals surface area contributed by atoms with Crippen LogP contribution in [0.15, 0.2) is 48.8 Å². The normalized spacial score (nSPS) is 10.9. The van der Waals surface area contributed by atoms with Crippen LogP contribution in [0.1, 0.15) is 5.56 Å². The quantitative estimate of drug-likeness (QED) is 0.579. The maximum absolute atomic E-state index is 13.8. The van der Waals surface area contributed by atoms with Crippen LogP contribution < -0.4 is 0 Å². The number of aromatic amines is 1. The fraction of sp³-hybridized carbons (Fsp3) is 0. The second-order valence-corrected chi connectivity index (χ2v) is 4.95. The maximum Gasteiger partial charge on any atom is 0.141 e. The molecule has 3 heterocycles. The number of fused-ring (bicyclic) bond motifs is 3. The first kappa shape index (κ1) is 12.5. The van der Waals surface area contributed by atoms with Gasteiger partial charge >= 0.3 is 0 Å². The summed E-state index contributed by atoms with van der Waals surface area (Å²) in [5.74, 6) is -0.539. The molecule has 0 saturated carbocycles. The van der Waals surface area contributed by atoms with Crippen molar-refractivity contribution < 1.29 is 4.39 Å². The number of nitriles is 1. The van der Waals surface area contributed by atoms with Gasteiger partial charge in [-0.2, -0.15) is 5.26 Å². The van der Waals surface area contributed by atoms with Crippen LogP contribution in [0.4, 0.5) is 4.39 Å². The number of hydrogen-bond donors (Lipinski definition) is 1. The fourth-order valence-electron chi connectivity index (χ4n) is 2.54. The molecule has 0 radical (unpaired) electrons. The second kappa shape index (κ2) is 4.64. The largest absolute Gasteiger partial charge is 0.339 e. The Morgan fingerprint density at radius 2 is 2.00 bits per heavy atom. The molecule has 0 aliphatic rings. The Balaban J connectivity index is 1.91. The summed E-state index contributed by atoms with van der Waals surface area (Å²) < 4.78 is 13.8. The summed E-state index contributed by atoms with van der Waals surface area (Å²) in [5, 5.41) is 10.8. The summed E-state index contributed by atoms with van der Waals surface area (Å²) in [4.78, 5) is 11.9. The Morgan fingerprint density at radius 1 is 1.09 bits per heavy atom. The van der Waals surface area contributed by atoms with Gasteiger partial charge in [0.05, 0.1) is 16.8 Å². The van der Waals surface area contributed by atoms with Crippen LogP contribution in [0.5, 0.6) is 0 Å².